The molecule has 0 amide bonds. The van der Waals surface area contributed by atoms with Gasteiger partial charge in [0.05, 0.1) is 5.56 Å². The van der Waals surface area contributed by atoms with Gasteiger partial charge in [-0.05, 0) is 23.8 Å². The minimum atomic E-state index is -4.47. The van der Waals surface area contributed by atoms with E-state index >= 15 is 0 Å². The summed E-state index contributed by atoms with van der Waals surface area (Å²) >= 11 is 0. The molecule has 0 unspecified atom stereocenters. The first-order chi connectivity index (χ1) is 10.4. The predicted octanol–water partition coefficient (Wildman–Crippen LogP) is 4.50. The summed E-state index contributed by atoms with van der Waals surface area (Å²) in [4.78, 5) is 12.1. The SMILES string of the molecule is N#C/C(=C\c1cccc(C(F)(F)F)c1)C(=O)c1ccccc1. The third-order valence-corrected chi connectivity index (χ3v) is 2.93. The van der Waals surface area contributed by atoms with Crippen LogP contribution in [0.1, 0.15) is 21.5 Å². The lowest BCUT2D eigenvalue weighted by Gasteiger charge is -2.07. The molecule has 5 heteroatoms. The lowest BCUT2D eigenvalue weighted by atomic mass is 10.0. The Balaban J connectivity index is 2.38. The zero-order valence-electron chi connectivity index (χ0n) is 11.3. The van der Waals surface area contributed by atoms with Crippen molar-refractivity contribution in [2.24, 2.45) is 0 Å². The predicted molar refractivity (Wildman–Crippen MR) is 75.8 cm³/mol. The average Bonchev–Trinajstić information content (AvgIpc) is 2.52. The Kier molecular flexibility index (Phi) is 4.42. The molecule has 0 radical (unpaired) electrons. The summed E-state index contributed by atoms with van der Waals surface area (Å²) in [6.45, 7) is 0. The first kappa shape index (κ1) is 15.5. The number of Topliss-reactive ketones (excluding diaryl/α,β-unsaturated/α-hetero) is 1. The van der Waals surface area contributed by atoms with Crippen LogP contribution in [-0.2, 0) is 6.18 Å². The van der Waals surface area contributed by atoms with Crippen molar-refractivity contribution in [3.63, 3.8) is 0 Å². The topological polar surface area (TPSA) is 40.9 Å². The summed E-state index contributed by atoms with van der Waals surface area (Å²) in [5.41, 5.74) is -0.589. The molecule has 110 valence electrons. The molecule has 22 heavy (non-hydrogen) atoms. The number of nitriles is 1. The number of alkyl halides is 3. The molecule has 0 fully saturated rings. The maximum atomic E-state index is 12.7. The van der Waals surface area contributed by atoms with E-state index in [1.54, 1.807) is 36.4 Å². The highest BCUT2D eigenvalue weighted by Gasteiger charge is 2.30. The quantitative estimate of drug-likeness (QED) is 0.476. The summed E-state index contributed by atoms with van der Waals surface area (Å²) in [5.74, 6) is -0.527. The van der Waals surface area contributed by atoms with Gasteiger partial charge in [-0.25, -0.2) is 0 Å². The van der Waals surface area contributed by atoms with Crippen molar-refractivity contribution in [1.29, 1.82) is 5.26 Å². The van der Waals surface area contributed by atoms with Crippen molar-refractivity contribution in [2.45, 2.75) is 6.18 Å². The molecule has 0 bridgehead atoms. The third kappa shape index (κ3) is 3.61. The van der Waals surface area contributed by atoms with Gasteiger partial charge in [0.2, 0.25) is 5.78 Å². The zero-order chi connectivity index (χ0) is 16.2. The van der Waals surface area contributed by atoms with Crippen molar-refractivity contribution in [3.8, 4) is 6.07 Å². The Morgan fingerprint density at radius 3 is 2.32 bits per heavy atom. The highest BCUT2D eigenvalue weighted by atomic mass is 19.4. The van der Waals surface area contributed by atoms with Crippen LogP contribution in [0.3, 0.4) is 0 Å². The van der Waals surface area contributed by atoms with E-state index in [0.29, 0.717) is 5.56 Å². The number of nitrogens with zero attached hydrogens (tertiary/aromatic N) is 1. The van der Waals surface area contributed by atoms with Crippen molar-refractivity contribution in [1.82, 2.24) is 0 Å². The fourth-order valence-electron chi connectivity index (χ4n) is 1.87. The Morgan fingerprint density at radius 2 is 1.73 bits per heavy atom. The average molecular weight is 301 g/mol. The lowest BCUT2D eigenvalue weighted by molar-refractivity contribution is -0.137. The monoisotopic (exact) mass is 301 g/mol. The van der Waals surface area contributed by atoms with E-state index in [9.17, 15) is 18.0 Å². The van der Waals surface area contributed by atoms with Gasteiger partial charge in [-0.1, -0.05) is 42.5 Å². The second-order valence-electron chi connectivity index (χ2n) is 4.49. The normalized spacial score (nSPS) is 11.8. The van der Waals surface area contributed by atoms with Crippen LogP contribution in [0.15, 0.2) is 60.2 Å². The lowest BCUT2D eigenvalue weighted by Crippen LogP contribution is -2.05. The first-order valence-electron chi connectivity index (χ1n) is 6.30. The summed E-state index contributed by atoms with van der Waals surface area (Å²) in [6.07, 6.45) is -3.31. The third-order valence-electron chi connectivity index (χ3n) is 2.93. The molecule has 2 aromatic carbocycles. The number of halogens is 3. The molecule has 0 saturated heterocycles. The van der Waals surface area contributed by atoms with Gasteiger partial charge in [-0.2, -0.15) is 18.4 Å². The summed E-state index contributed by atoms with van der Waals surface area (Å²) in [7, 11) is 0. The van der Waals surface area contributed by atoms with Crippen LogP contribution in [0.25, 0.3) is 6.08 Å². The molecule has 0 aliphatic heterocycles. The van der Waals surface area contributed by atoms with Crippen LogP contribution in [0.2, 0.25) is 0 Å². The first-order valence-corrected chi connectivity index (χ1v) is 6.30. The van der Waals surface area contributed by atoms with Gasteiger partial charge < -0.3 is 0 Å². The Morgan fingerprint density at radius 1 is 1.05 bits per heavy atom. The number of benzene rings is 2. The van der Waals surface area contributed by atoms with Crippen LogP contribution in [-0.4, -0.2) is 5.78 Å². The molecule has 0 aliphatic rings. The second-order valence-corrected chi connectivity index (χ2v) is 4.49. The van der Waals surface area contributed by atoms with Crippen LogP contribution in [0, 0.1) is 11.3 Å². The number of hydrogen-bond donors (Lipinski definition) is 0. The van der Waals surface area contributed by atoms with Gasteiger partial charge in [-0.15, -0.1) is 0 Å². The molecule has 0 aromatic heterocycles. The number of carbonyl (C=O) groups excluding carboxylic acids is 1. The van der Waals surface area contributed by atoms with Gasteiger partial charge in [0.15, 0.2) is 0 Å². The largest absolute Gasteiger partial charge is 0.416 e. The van der Waals surface area contributed by atoms with Gasteiger partial charge in [0, 0.05) is 5.56 Å². The number of allylic oxidation sites excluding steroid dienone is 1. The molecule has 0 spiro atoms. The highest BCUT2D eigenvalue weighted by Crippen LogP contribution is 2.30. The van der Waals surface area contributed by atoms with Crippen molar-refractivity contribution in [3.05, 3.63) is 76.9 Å². The van der Waals surface area contributed by atoms with E-state index in [4.69, 9.17) is 5.26 Å². The van der Waals surface area contributed by atoms with E-state index < -0.39 is 17.5 Å². The maximum Gasteiger partial charge on any atom is 0.416 e. The molecule has 2 nitrogen and oxygen atoms in total. The van der Waals surface area contributed by atoms with Crippen LogP contribution in [0.4, 0.5) is 13.2 Å². The van der Waals surface area contributed by atoms with Crippen molar-refractivity contribution >= 4 is 11.9 Å². The Labute approximate surface area is 125 Å². The highest BCUT2D eigenvalue weighted by molar-refractivity contribution is 6.14. The van der Waals surface area contributed by atoms with Crippen LogP contribution < -0.4 is 0 Å². The van der Waals surface area contributed by atoms with E-state index in [-0.39, 0.29) is 11.1 Å². The molecule has 0 N–H and O–H groups in total. The molecule has 2 aromatic rings. The molecule has 0 aliphatic carbocycles. The van der Waals surface area contributed by atoms with Gasteiger partial charge in [-0.3, -0.25) is 4.79 Å². The Bertz CT molecular complexity index is 755. The summed E-state index contributed by atoms with van der Waals surface area (Å²) in [5, 5.41) is 9.09. The minimum absolute atomic E-state index is 0.149. The van der Waals surface area contributed by atoms with E-state index in [1.807, 2.05) is 0 Å². The molecule has 2 rings (SSSR count). The second kappa shape index (κ2) is 6.27. The summed E-state index contributed by atoms with van der Waals surface area (Å²) < 4.78 is 38.0. The molecule has 0 saturated carbocycles. The molecular weight excluding hydrogens is 291 g/mol. The number of hydrogen-bond acceptors (Lipinski definition) is 2. The Hall–Kier alpha value is -2.87. The standard InChI is InChI=1S/C17H10F3NO/c18-17(19,20)15-8-4-5-12(10-15)9-14(11-21)16(22)13-6-2-1-3-7-13/h1-10H/b14-9+. The van der Waals surface area contributed by atoms with Crippen LogP contribution >= 0.6 is 0 Å². The van der Waals surface area contributed by atoms with Gasteiger partial charge in [0.25, 0.3) is 0 Å². The fraction of sp³-hybridized carbons (Fsp3) is 0.0588. The number of carbonyl (C=O) groups is 1. The zero-order valence-corrected chi connectivity index (χ0v) is 11.3. The number of ketones is 1. The van der Waals surface area contributed by atoms with Crippen molar-refractivity contribution in [2.75, 3.05) is 0 Å². The minimum Gasteiger partial charge on any atom is -0.288 e. The fourth-order valence-corrected chi connectivity index (χ4v) is 1.87. The molecule has 0 atom stereocenters. The van der Waals surface area contributed by atoms with Crippen LogP contribution in [0.5, 0.6) is 0 Å². The van der Waals surface area contributed by atoms with E-state index in [0.717, 1.165) is 18.2 Å². The van der Waals surface area contributed by atoms with Gasteiger partial charge >= 0.3 is 6.18 Å². The number of rotatable bonds is 3. The summed E-state index contributed by atoms with van der Waals surface area (Å²) in [6, 6.07) is 14.3. The van der Waals surface area contributed by atoms with E-state index in [1.165, 1.54) is 12.1 Å². The smallest absolute Gasteiger partial charge is 0.288 e. The van der Waals surface area contributed by atoms with Crippen molar-refractivity contribution < 1.29 is 18.0 Å². The molecular formula is C17H10F3NO. The van der Waals surface area contributed by atoms with E-state index in [2.05, 4.69) is 0 Å². The maximum absolute atomic E-state index is 12.7. The van der Waals surface area contributed by atoms with Gasteiger partial charge in [0.1, 0.15) is 11.6 Å². The molecule has 0 heterocycles.